The molecule has 0 aliphatic rings. The van der Waals surface area contributed by atoms with Crippen LogP contribution in [0.3, 0.4) is 0 Å². The first-order chi connectivity index (χ1) is 6.33. The molecule has 0 bridgehead atoms. The van der Waals surface area contributed by atoms with E-state index in [0.29, 0.717) is 6.42 Å². The van der Waals surface area contributed by atoms with Crippen LogP contribution >= 0.6 is 0 Å². The number of hydrogen-bond donors (Lipinski definition) is 2. The van der Waals surface area contributed by atoms with E-state index in [-0.39, 0.29) is 0 Å². The minimum atomic E-state index is -0.682. The zero-order valence-corrected chi connectivity index (χ0v) is 9.54. The Morgan fingerprint density at radius 1 is 1.29 bits per heavy atom. The van der Waals surface area contributed by atoms with Gasteiger partial charge in [0.1, 0.15) is 0 Å². The van der Waals surface area contributed by atoms with Crippen LogP contribution in [-0.2, 0) is 9.68 Å². The summed E-state index contributed by atoms with van der Waals surface area (Å²) in [7, 11) is 0. The molecule has 0 unspecified atom stereocenters. The molecule has 86 valence electrons. The summed E-state index contributed by atoms with van der Waals surface area (Å²) in [6, 6.07) is 0. The van der Waals surface area contributed by atoms with Gasteiger partial charge in [-0.15, -0.1) is 0 Å². The van der Waals surface area contributed by atoms with Crippen LogP contribution in [-0.4, -0.2) is 21.9 Å². The Kier molecular flexibility index (Phi) is 10.1. The molecule has 0 aromatic rings. The van der Waals surface area contributed by atoms with Crippen molar-refractivity contribution in [3.05, 3.63) is 0 Å². The van der Waals surface area contributed by atoms with Crippen LogP contribution in [0.15, 0.2) is 0 Å². The minimum absolute atomic E-state index is 0.327. The molecule has 14 heavy (non-hydrogen) atoms. The van der Waals surface area contributed by atoms with E-state index < -0.39 is 11.6 Å². The zero-order chi connectivity index (χ0) is 11.6. The molecule has 0 rings (SSSR count). The van der Waals surface area contributed by atoms with Gasteiger partial charge in [0, 0.05) is 6.42 Å². The molecule has 0 saturated heterocycles. The van der Waals surface area contributed by atoms with E-state index >= 15 is 0 Å². The van der Waals surface area contributed by atoms with Gasteiger partial charge in [-0.05, 0) is 27.2 Å². The zero-order valence-electron chi connectivity index (χ0n) is 9.54. The van der Waals surface area contributed by atoms with Crippen LogP contribution in [0.5, 0.6) is 0 Å². The predicted molar refractivity (Wildman–Crippen MR) is 55.2 cm³/mol. The van der Waals surface area contributed by atoms with Gasteiger partial charge in [0.2, 0.25) is 0 Å². The van der Waals surface area contributed by atoms with Crippen LogP contribution in [0.25, 0.3) is 0 Å². The molecule has 0 amide bonds. The quantitative estimate of drug-likeness (QED) is 0.421. The van der Waals surface area contributed by atoms with Crippen molar-refractivity contribution in [2.45, 2.75) is 59.0 Å². The van der Waals surface area contributed by atoms with Crippen molar-refractivity contribution in [2.24, 2.45) is 0 Å². The van der Waals surface area contributed by atoms with Crippen LogP contribution in [0.4, 0.5) is 0 Å². The normalized spacial score (nSPS) is 10.4. The second kappa shape index (κ2) is 8.97. The average molecular weight is 206 g/mol. The van der Waals surface area contributed by atoms with E-state index in [1.807, 2.05) is 0 Å². The summed E-state index contributed by atoms with van der Waals surface area (Å²) in [6.07, 6.45) is 3.28. The van der Waals surface area contributed by atoms with Gasteiger partial charge in [-0.25, -0.2) is 4.89 Å². The molecule has 0 fully saturated rings. The second-order valence-corrected chi connectivity index (χ2v) is 4.05. The molecule has 0 aromatic carbocycles. The summed E-state index contributed by atoms with van der Waals surface area (Å²) in [4.78, 5) is 13.8. The maximum atomic E-state index is 9.87. The highest BCUT2D eigenvalue weighted by Crippen LogP contribution is 2.01. The van der Waals surface area contributed by atoms with E-state index in [1.54, 1.807) is 20.8 Å². The Morgan fingerprint density at radius 2 is 1.71 bits per heavy atom. The average Bonchev–Trinajstić information content (AvgIpc) is 2.04. The topological polar surface area (TPSA) is 66.8 Å². The van der Waals surface area contributed by atoms with Gasteiger partial charge in [0.25, 0.3) is 0 Å². The lowest BCUT2D eigenvalue weighted by molar-refractivity contribution is -0.306. The first-order valence-electron chi connectivity index (χ1n) is 4.88. The van der Waals surface area contributed by atoms with Crippen LogP contribution in [0.2, 0.25) is 0 Å². The van der Waals surface area contributed by atoms with Gasteiger partial charge in [-0.3, -0.25) is 10.1 Å². The fraction of sp³-hybridized carbons (Fsp3) is 0.900. The Hall–Kier alpha value is -0.610. The minimum Gasteiger partial charge on any atom is -0.481 e. The third-order valence-electron chi connectivity index (χ3n) is 1.27. The van der Waals surface area contributed by atoms with Crippen molar-refractivity contribution in [3.8, 4) is 0 Å². The van der Waals surface area contributed by atoms with Gasteiger partial charge in [-0.2, -0.15) is 0 Å². The third-order valence-corrected chi connectivity index (χ3v) is 1.27. The van der Waals surface area contributed by atoms with Crippen molar-refractivity contribution in [1.29, 1.82) is 0 Å². The maximum absolute atomic E-state index is 9.87. The summed E-state index contributed by atoms with van der Waals surface area (Å²) in [5.74, 6) is -0.682. The number of carboxylic acid groups (broad SMARTS) is 1. The SMILES string of the molecule is CC(C)(C)OO.CCCCCC(=O)O. The lowest BCUT2D eigenvalue weighted by atomic mass is 10.2. The molecule has 0 spiro atoms. The highest BCUT2D eigenvalue weighted by molar-refractivity contribution is 5.66. The molecule has 4 nitrogen and oxygen atoms in total. The van der Waals surface area contributed by atoms with Gasteiger partial charge in [0.05, 0.1) is 5.60 Å². The van der Waals surface area contributed by atoms with Crippen molar-refractivity contribution < 1.29 is 20.0 Å². The molecule has 0 heterocycles. The number of carbonyl (C=O) groups is 1. The van der Waals surface area contributed by atoms with Crippen molar-refractivity contribution >= 4 is 5.97 Å². The van der Waals surface area contributed by atoms with Crippen molar-refractivity contribution in [3.63, 3.8) is 0 Å². The Morgan fingerprint density at radius 3 is 1.93 bits per heavy atom. The Bertz CT molecular complexity index is 138. The van der Waals surface area contributed by atoms with E-state index in [0.717, 1.165) is 19.3 Å². The fourth-order valence-corrected chi connectivity index (χ4v) is 0.526. The number of unbranched alkanes of at least 4 members (excludes halogenated alkanes) is 2. The Labute approximate surface area is 85.8 Å². The number of hydrogen-bond acceptors (Lipinski definition) is 3. The summed E-state index contributed by atoms with van der Waals surface area (Å²) >= 11 is 0. The smallest absolute Gasteiger partial charge is 0.303 e. The molecular formula is C10H22O4. The van der Waals surface area contributed by atoms with E-state index in [1.165, 1.54) is 0 Å². The van der Waals surface area contributed by atoms with Gasteiger partial charge in [-0.1, -0.05) is 19.8 Å². The van der Waals surface area contributed by atoms with Crippen molar-refractivity contribution in [2.75, 3.05) is 0 Å². The van der Waals surface area contributed by atoms with Gasteiger partial charge < -0.3 is 5.11 Å². The van der Waals surface area contributed by atoms with Crippen LogP contribution in [0, 0.1) is 0 Å². The maximum Gasteiger partial charge on any atom is 0.303 e. The first-order valence-corrected chi connectivity index (χ1v) is 4.88. The molecule has 4 heteroatoms. The third kappa shape index (κ3) is 22.5. The molecular weight excluding hydrogens is 184 g/mol. The molecule has 2 N–H and O–H groups in total. The van der Waals surface area contributed by atoms with Crippen LogP contribution in [0.1, 0.15) is 53.4 Å². The molecule has 0 aliphatic carbocycles. The molecule has 0 saturated carbocycles. The lowest BCUT2D eigenvalue weighted by Crippen LogP contribution is -2.15. The summed E-state index contributed by atoms with van der Waals surface area (Å²) in [5.41, 5.74) is -0.403. The van der Waals surface area contributed by atoms with Crippen molar-refractivity contribution in [1.82, 2.24) is 0 Å². The van der Waals surface area contributed by atoms with E-state index in [9.17, 15) is 4.79 Å². The molecule has 0 aliphatic heterocycles. The van der Waals surface area contributed by atoms with E-state index in [4.69, 9.17) is 10.4 Å². The van der Waals surface area contributed by atoms with Gasteiger partial charge in [0.15, 0.2) is 0 Å². The molecule has 0 atom stereocenters. The highest BCUT2D eigenvalue weighted by Gasteiger charge is 2.06. The lowest BCUT2D eigenvalue weighted by Gasteiger charge is -2.10. The number of aliphatic carboxylic acids is 1. The number of rotatable bonds is 4. The Balaban J connectivity index is 0. The molecule has 0 radical (unpaired) electrons. The van der Waals surface area contributed by atoms with Crippen LogP contribution < -0.4 is 0 Å². The standard InChI is InChI=1S/C6H12O2.C4H10O2/c1-2-3-4-5-6(7)8;1-4(2,3)6-5/h2-5H2,1H3,(H,7,8);5H,1-3H3. The summed E-state index contributed by atoms with van der Waals surface area (Å²) in [5, 5.41) is 16.0. The monoisotopic (exact) mass is 206 g/mol. The predicted octanol–water partition coefficient (Wildman–Crippen LogP) is 2.93. The summed E-state index contributed by atoms with van der Waals surface area (Å²) < 4.78 is 0. The fourth-order valence-electron chi connectivity index (χ4n) is 0.526. The second-order valence-electron chi connectivity index (χ2n) is 4.05. The largest absolute Gasteiger partial charge is 0.481 e. The molecule has 0 aromatic heterocycles. The highest BCUT2D eigenvalue weighted by atomic mass is 17.1. The van der Waals surface area contributed by atoms with Gasteiger partial charge >= 0.3 is 5.97 Å². The van der Waals surface area contributed by atoms with E-state index in [2.05, 4.69) is 11.8 Å². The summed E-state index contributed by atoms with van der Waals surface area (Å²) in [6.45, 7) is 7.37. The number of carboxylic acids is 1. The first kappa shape index (κ1) is 15.8.